The van der Waals surface area contributed by atoms with E-state index in [0.717, 1.165) is 16.9 Å². The Hall–Kier alpha value is -2.37. The molecule has 1 unspecified atom stereocenters. The Morgan fingerprint density at radius 2 is 2.05 bits per heavy atom. The zero-order chi connectivity index (χ0) is 15.7. The monoisotopic (exact) mass is 302 g/mol. The van der Waals surface area contributed by atoms with Gasteiger partial charge in [0.05, 0.1) is 6.61 Å². The maximum atomic E-state index is 12.7. The first-order valence-corrected chi connectivity index (χ1v) is 7.42. The third-order valence-corrected chi connectivity index (χ3v) is 4.27. The minimum absolute atomic E-state index is 0.223. The van der Waals surface area contributed by atoms with Gasteiger partial charge in [-0.1, -0.05) is 24.3 Å². The highest BCUT2D eigenvalue weighted by molar-refractivity contribution is 6.09. The number of carbonyl (C=O) groups is 3. The first kappa shape index (κ1) is 14.6. The van der Waals surface area contributed by atoms with Crippen LogP contribution in [0.2, 0.25) is 0 Å². The van der Waals surface area contributed by atoms with Crippen molar-refractivity contribution in [1.29, 1.82) is 0 Å². The summed E-state index contributed by atoms with van der Waals surface area (Å²) in [5, 5.41) is 2.79. The van der Waals surface area contributed by atoms with Gasteiger partial charge in [-0.05, 0) is 30.9 Å². The van der Waals surface area contributed by atoms with E-state index in [2.05, 4.69) is 5.32 Å². The second kappa shape index (κ2) is 5.44. The Morgan fingerprint density at radius 3 is 2.77 bits per heavy atom. The SMILES string of the molecule is CCOC(=O)CN1C(=O)NC2(CCc3ccccc3C2)C1=O. The molecule has 1 N–H and O–H groups in total. The number of rotatable bonds is 3. The van der Waals surface area contributed by atoms with Crippen LogP contribution in [0.3, 0.4) is 0 Å². The number of esters is 1. The summed E-state index contributed by atoms with van der Waals surface area (Å²) in [6.45, 7) is 1.58. The van der Waals surface area contributed by atoms with Crippen molar-refractivity contribution < 1.29 is 19.1 Å². The third-order valence-electron chi connectivity index (χ3n) is 4.27. The van der Waals surface area contributed by atoms with Crippen LogP contribution in [-0.4, -0.2) is 41.5 Å². The second-order valence-electron chi connectivity index (χ2n) is 5.65. The molecular formula is C16H18N2O4. The summed E-state index contributed by atoms with van der Waals surface area (Å²) in [4.78, 5) is 37.3. The Labute approximate surface area is 128 Å². The summed E-state index contributed by atoms with van der Waals surface area (Å²) >= 11 is 0. The minimum atomic E-state index is -0.919. The molecule has 0 bridgehead atoms. The number of hydrogen-bond donors (Lipinski definition) is 1. The Morgan fingerprint density at radius 1 is 1.32 bits per heavy atom. The molecule has 1 fully saturated rings. The first-order chi connectivity index (χ1) is 10.6. The van der Waals surface area contributed by atoms with Crippen LogP contribution < -0.4 is 5.32 Å². The van der Waals surface area contributed by atoms with E-state index in [1.54, 1.807) is 6.92 Å². The zero-order valence-corrected chi connectivity index (χ0v) is 12.4. The number of imide groups is 1. The topological polar surface area (TPSA) is 75.7 Å². The lowest BCUT2D eigenvalue weighted by Crippen LogP contribution is -2.51. The van der Waals surface area contributed by atoms with Gasteiger partial charge in [0.1, 0.15) is 12.1 Å². The largest absolute Gasteiger partial charge is 0.465 e. The van der Waals surface area contributed by atoms with Crippen LogP contribution in [0.25, 0.3) is 0 Å². The fourth-order valence-electron chi connectivity index (χ4n) is 3.18. The predicted molar refractivity (Wildman–Crippen MR) is 78.1 cm³/mol. The molecule has 1 aromatic carbocycles. The van der Waals surface area contributed by atoms with Gasteiger partial charge in [0, 0.05) is 6.42 Å². The van der Waals surface area contributed by atoms with Crippen LogP contribution in [0.4, 0.5) is 4.79 Å². The maximum absolute atomic E-state index is 12.7. The standard InChI is InChI=1S/C16H18N2O4/c1-2-22-13(19)10-18-14(20)16(17-15(18)21)8-7-11-5-3-4-6-12(11)9-16/h3-6H,2,7-10H2,1H3,(H,17,21). The molecule has 1 saturated heterocycles. The fraction of sp³-hybridized carbons (Fsp3) is 0.438. The van der Waals surface area contributed by atoms with Gasteiger partial charge < -0.3 is 10.1 Å². The zero-order valence-electron chi connectivity index (χ0n) is 12.4. The average Bonchev–Trinajstić information content (AvgIpc) is 2.72. The van der Waals surface area contributed by atoms with Crippen molar-refractivity contribution >= 4 is 17.9 Å². The van der Waals surface area contributed by atoms with E-state index in [1.165, 1.54) is 5.56 Å². The molecule has 3 rings (SSSR count). The molecule has 1 heterocycles. The predicted octanol–water partition coefficient (Wildman–Crippen LogP) is 1.03. The van der Waals surface area contributed by atoms with E-state index in [-0.39, 0.29) is 19.1 Å². The number of aryl methyl sites for hydroxylation is 1. The molecule has 0 radical (unpaired) electrons. The highest BCUT2D eigenvalue weighted by atomic mass is 16.5. The molecule has 1 aliphatic heterocycles. The summed E-state index contributed by atoms with van der Waals surface area (Å²) in [5.74, 6) is -0.903. The van der Waals surface area contributed by atoms with Crippen LogP contribution in [0, 0.1) is 0 Å². The van der Waals surface area contributed by atoms with Gasteiger partial charge in [-0.2, -0.15) is 0 Å². The number of nitrogens with zero attached hydrogens (tertiary/aromatic N) is 1. The number of carbonyl (C=O) groups excluding carboxylic acids is 3. The summed E-state index contributed by atoms with van der Waals surface area (Å²) in [7, 11) is 0. The van der Waals surface area contributed by atoms with Crippen molar-refractivity contribution in [2.45, 2.75) is 31.7 Å². The molecule has 6 heteroatoms. The van der Waals surface area contributed by atoms with Gasteiger partial charge in [-0.3, -0.25) is 14.5 Å². The van der Waals surface area contributed by atoms with Crippen molar-refractivity contribution in [1.82, 2.24) is 10.2 Å². The molecule has 1 atom stereocenters. The van der Waals surface area contributed by atoms with Crippen LogP contribution in [0.15, 0.2) is 24.3 Å². The normalized spacial score (nSPS) is 23.4. The van der Waals surface area contributed by atoms with Crippen LogP contribution in [0.1, 0.15) is 24.5 Å². The molecule has 1 spiro atoms. The van der Waals surface area contributed by atoms with E-state index in [4.69, 9.17) is 4.74 Å². The summed E-state index contributed by atoms with van der Waals surface area (Å²) in [5.41, 5.74) is 1.36. The lowest BCUT2D eigenvalue weighted by atomic mass is 9.78. The van der Waals surface area contributed by atoms with Crippen molar-refractivity contribution in [2.24, 2.45) is 0 Å². The summed E-state index contributed by atoms with van der Waals surface area (Å²) in [6.07, 6.45) is 1.75. The van der Waals surface area contributed by atoms with Gasteiger partial charge in [-0.15, -0.1) is 0 Å². The highest BCUT2D eigenvalue weighted by Gasteiger charge is 2.52. The molecule has 0 saturated carbocycles. The summed E-state index contributed by atoms with van der Waals surface area (Å²) in [6, 6.07) is 7.40. The summed E-state index contributed by atoms with van der Waals surface area (Å²) < 4.78 is 4.82. The van der Waals surface area contributed by atoms with Crippen LogP contribution in [0.5, 0.6) is 0 Å². The minimum Gasteiger partial charge on any atom is -0.465 e. The van der Waals surface area contributed by atoms with E-state index in [9.17, 15) is 14.4 Å². The number of nitrogens with one attached hydrogen (secondary N) is 1. The number of fused-ring (bicyclic) bond motifs is 1. The van der Waals surface area contributed by atoms with Crippen molar-refractivity contribution in [3.05, 3.63) is 35.4 Å². The maximum Gasteiger partial charge on any atom is 0.326 e. The number of amides is 3. The van der Waals surface area contributed by atoms with Gasteiger partial charge >= 0.3 is 12.0 Å². The molecule has 116 valence electrons. The molecular weight excluding hydrogens is 284 g/mol. The van der Waals surface area contributed by atoms with E-state index in [0.29, 0.717) is 12.8 Å². The van der Waals surface area contributed by atoms with Gasteiger partial charge in [0.2, 0.25) is 0 Å². The second-order valence-corrected chi connectivity index (χ2v) is 5.65. The molecule has 1 aliphatic carbocycles. The van der Waals surface area contributed by atoms with Gasteiger partial charge in [0.15, 0.2) is 0 Å². The van der Waals surface area contributed by atoms with E-state index in [1.807, 2.05) is 24.3 Å². The number of benzene rings is 1. The molecule has 0 aromatic heterocycles. The highest BCUT2D eigenvalue weighted by Crippen LogP contribution is 2.33. The fourth-order valence-corrected chi connectivity index (χ4v) is 3.18. The van der Waals surface area contributed by atoms with Crippen molar-refractivity contribution in [3.8, 4) is 0 Å². The number of hydrogen-bond acceptors (Lipinski definition) is 4. The number of urea groups is 1. The Balaban J connectivity index is 1.81. The Kier molecular flexibility index (Phi) is 3.60. The molecule has 22 heavy (non-hydrogen) atoms. The van der Waals surface area contributed by atoms with Crippen molar-refractivity contribution in [3.63, 3.8) is 0 Å². The molecule has 3 amide bonds. The van der Waals surface area contributed by atoms with Gasteiger partial charge in [-0.25, -0.2) is 4.79 Å². The third kappa shape index (κ3) is 2.34. The van der Waals surface area contributed by atoms with Crippen LogP contribution >= 0.6 is 0 Å². The Bertz CT molecular complexity index is 643. The molecule has 1 aromatic rings. The average molecular weight is 302 g/mol. The first-order valence-electron chi connectivity index (χ1n) is 7.42. The van der Waals surface area contributed by atoms with E-state index >= 15 is 0 Å². The lowest BCUT2D eigenvalue weighted by molar-refractivity contribution is -0.147. The smallest absolute Gasteiger partial charge is 0.326 e. The number of ether oxygens (including phenoxy) is 1. The molecule has 6 nitrogen and oxygen atoms in total. The van der Waals surface area contributed by atoms with Crippen LogP contribution in [-0.2, 0) is 27.2 Å². The van der Waals surface area contributed by atoms with Crippen molar-refractivity contribution in [2.75, 3.05) is 13.2 Å². The molecule has 2 aliphatic rings. The lowest BCUT2D eigenvalue weighted by Gasteiger charge is -2.32. The van der Waals surface area contributed by atoms with E-state index < -0.39 is 17.5 Å². The van der Waals surface area contributed by atoms with Gasteiger partial charge in [0.25, 0.3) is 5.91 Å². The quantitative estimate of drug-likeness (QED) is 0.668.